The summed E-state index contributed by atoms with van der Waals surface area (Å²) < 4.78 is 11.8. The number of allylic oxidation sites excluding steroid dienone is 1. The molecule has 27 heavy (non-hydrogen) atoms. The quantitative estimate of drug-likeness (QED) is 0.519. The van der Waals surface area contributed by atoms with Gasteiger partial charge in [0.15, 0.2) is 0 Å². The molecular weight excluding hydrogens is 338 g/mol. The molecule has 1 N–H and O–H groups in total. The molecule has 0 saturated heterocycles. The summed E-state index contributed by atoms with van der Waals surface area (Å²) in [5, 5.41) is 10.1. The van der Waals surface area contributed by atoms with Gasteiger partial charge in [-0.2, -0.15) is 0 Å². The summed E-state index contributed by atoms with van der Waals surface area (Å²) in [4.78, 5) is 4.65. The lowest BCUT2D eigenvalue weighted by molar-refractivity contribution is 0.343. The van der Waals surface area contributed by atoms with Crippen LogP contribution in [0.3, 0.4) is 0 Å². The van der Waals surface area contributed by atoms with Crippen LogP contribution in [0, 0.1) is 6.92 Å². The fourth-order valence-corrected chi connectivity index (χ4v) is 3.15. The third-order valence-corrected chi connectivity index (χ3v) is 4.68. The second kappa shape index (κ2) is 7.25. The van der Waals surface area contributed by atoms with Crippen molar-refractivity contribution < 1.29 is 13.9 Å². The van der Waals surface area contributed by atoms with Crippen molar-refractivity contribution in [2.75, 3.05) is 6.61 Å². The number of hydrogen-bond acceptors (Lipinski definition) is 4. The number of rotatable bonds is 5. The molecule has 0 atom stereocenters. The lowest BCUT2D eigenvalue weighted by Crippen LogP contribution is -1.88. The number of aliphatic hydroxyl groups excluding tert-OH is 1. The number of furan rings is 1. The van der Waals surface area contributed by atoms with Crippen molar-refractivity contribution in [3.63, 3.8) is 0 Å². The van der Waals surface area contributed by atoms with Crippen LogP contribution in [0.4, 0.5) is 0 Å². The smallest absolute Gasteiger partial charge is 0.226 e. The monoisotopic (exact) mass is 359 g/mol. The molecule has 4 nitrogen and oxygen atoms in total. The molecule has 0 aliphatic carbocycles. The Morgan fingerprint density at radius 2 is 1.89 bits per heavy atom. The van der Waals surface area contributed by atoms with E-state index in [0.29, 0.717) is 12.3 Å². The second-order valence-electron chi connectivity index (χ2n) is 6.60. The lowest BCUT2D eigenvalue weighted by atomic mass is 10.1. The summed E-state index contributed by atoms with van der Waals surface area (Å²) in [7, 11) is 0. The van der Waals surface area contributed by atoms with E-state index >= 15 is 0 Å². The highest BCUT2D eigenvalue weighted by Gasteiger charge is 2.14. The first-order valence-corrected chi connectivity index (χ1v) is 8.96. The Morgan fingerprint density at radius 1 is 1.07 bits per heavy atom. The molecule has 2 heterocycles. The Morgan fingerprint density at radius 3 is 2.67 bits per heavy atom. The summed E-state index contributed by atoms with van der Waals surface area (Å²) in [6, 6.07) is 18.0. The van der Waals surface area contributed by atoms with Crippen molar-refractivity contribution in [2.24, 2.45) is 0 Å². The van der Waals surface area contributed by atoms with Gasteiger partial charge >= 0.3 is 0 Å². The molecule has 2 aromatic carbocycles. The normalized spacial score (nSPS) is 12.0. The number of aromatic nitrogens is 1. The fourth-order valence-electron chi connectivity index (χ4n) is 3.15. The van der Waals surface area contributed by atoms with Gasteiger partial charge in [-0.25, -0.2) is 4.98 Å². The molecule has 2 aromatic heterocycles. The highest BCUT2D eigenvalue weighted by Crippen LogP contribution is 2.27. The van der Waals surface area contributed by atoms with Crippen molar-refractivity contribution in [1.29, 1.82) is 0 Å². The van der Waals surface area contributed by atoms with E-state index < -0.39 is 0 Å². The Labute approximate surface area is 157 Å². The first kappa shape index (κ1) is 17.3. The molecule has 0 amide bonds. The number of aliphatic hydroxyl groups is 1. The van der Waals surface area contributed by atoms with E-state index in [0.717, 1.165) is 44.9 Å². The molecular formula is C23H21NO3. The van der Waals surface area contributed by atoms with E-state index in [2.05, 4.69) is 11.1 Å². The molecule has 0 saturated carbocycles. The van der Waals surface area contributed by atoms with Gasteiger partial charge in [-0.15, -0.1) is 0 Å². The SMILES string of the molecule is C/C(=C/CO)c1ccc2oc(Cc3nc(-c4ccccc4)oc3C)cc2c1. The number of benzene rings is 2. The minimum atomic E-state index is 0.0374. The summed E-state index contributed by atoms with van der Waals surface area (Å²) in [5.41, 5.74) is 4.81. The van der Waals surface area contributed by atoms with Crippen molar-refractivity contribution in [2.45, 2.75) is 20.3 Å². The van der Waals surface area contributed by atoms with Gasteiger partial charge in [0.25, 0.3) is 0 Å². The van der Waals surface area contributed by atoms with E-state index in [-0.39, 0.29) is 6.61 Å². The Bertz CT molecular complexity index is 1100. The zero-order chi connectivity index (χ0) is 18.8. The molecule has 0 spiro atoms. The Hall–Kier alpha value is -3.11. The lowest BCUT2D eigenvalue weighted by Gasteiger charge is -2.00. The molecule has 0 bridgehead atoms. The van der Waals surface area contributed by atoms with Crippen molar-refractivity contribution in [3.8, 4) is 11.5 Å². The molecule has 4 aromatic rings. The van der Waals surface area contributed by atoms with E-state index in [9.17, 15) is 0 Å². The van der Waals surface area contributed by atoms with Gasteiger partial charge in [-0.1, -0.05) is 30.3 Å². The zero-order valence-corrected chi connectivity index (χ0v) is 15.4. The Balaban J connectivity index is 1.62. The second-order valence-corrected chi connectivity index (χ2v) is 6.60. The molecule has 0 fully saturated rings. The minimum absolute atomic E-state index is 0.0374. The molecule has 0 radical (unpaired) electrons. The summed E-state index contributed by atoms with van der Waals surface area (Å²) in [6.07, 6.45) is 2.38. The van der Waals surface area contributed by atoms with Gasteiger partial charge < -0.3 is 13.9 Å². The maximum atomic E-state index is 9.08. The van der Waals surface area contributed by atoms with E-state index in [4.69, 9.17) is 13.9 Å². The molecule has 0 aliphatic rings. The van der Waals surface area contributed by atoms with Crippen molar-refractivity contribution >= 4 is 16.5 Å². The number of fused-ring (bicyclic) bond motifs is 1. The fraction of sp³-hybridized carbons (Fsp3) is 0.174. The van der Waals surface area contributed by atoms with Gasteiger partial charge in [0.05, 0.1) is 18.7 Å². The van der Waals surface area contributed by atoms with E-state index in [1.807, 2.05) is 62.4 Å². The standard InChI is InChI=1S/C23H21NO3/c1-15(10-11-25)18-8-9-22-19(12-18)13-20(27-22)14-21-16(2)26-23(24-21)17-6-4-3-5-7-17/h3-10,12-13,25H,11,14H2,1-2H3/b15-10-. The number of nitrogens with zero attached hydrogens (tertiary/aromatic N) is 1. The topological polar surface area (TPSA) is 59.4 Å². The highest BCUT2D eigenvalue weighted by molar-refractivity contribution is 5.82. The molecule has 0 unspecified atom stereocenters. The van der Waals surface area contributed by atoms with Crippen LogP contribution >= 0.6 is 0 Å². The van der Waals surface area contributed by atoms with Gasteiger partial charge in [-0.3, -0.25) is 0 Å². The largest absolute Gasteiger partial charge is 0.461 e. The molecule has 4 heteroatoms. The van der Waals surface area contributed by atoms with Crippen LogP contribution in [0.2, 0.25) is 0 Å². The number of oxazole rings is 1. The van der Waals surface area contributed by atoms with Gasteiger partial charge in [0.1, 0.15) is 17.1 Å². The first-order chi connectivity index (χ1) is 13.1. The van der Waals surface area contributed by atoms with Gasteiger partial charge in [0, 0.05) is 10.9 Å². The van der Waals surface area contributed by atoms with Crippen LogP contribution < -0.4 is 0 Å². The van der Waals surface area contributed by atoms with Gasteiger partial charge in [-0.05, 0) is 55.3 Å². The van der Waals surface area contributed by atoms with Crippen LogP contribution in [0.5, 0.6) is 0 Å². The van der Waals surface area contributed by atoms with Crippen LogP contribution in [0.1, 0.15) is 29.7 Å². The van der Waals surface area contributed by atoms with Gasteiger partial charge in [0.2, 0.25) is 5.89 Å². The molecule has 0 aliphatic heterocycles. The predicted octanol–water partition coefficient (Wildman–Crippen LogP) is 5.38. The Kier molecular flexibility index (Phi) is 4.65. The van der Waals surface area contributed by atoms with Crippen molar-refractivity contribution in [1.82, 2.24) is 4.98 Å². The first-order valence-electron chi connectivity index (χ1n) is 8.96. The van der Waals surface area contributed by atoms with E-state index in [1.165, 1.54) is 0 Å². The zero-order valence-electron chi connectivity index (χ0n) is 15.4. The maximum Gasteiger partial charge on any atom is 0.226 e. The van der Waals surface area contributed by atoms with Crippen LogP contribution in [0.15, 0.2) is 69.5 Å². The third kappa shape index (κ3) is 3.57. The maximum absolute atomic E-state index is 9.08. The molecule has 136 valence electrons. The van der Waals surface area contributed by atoms with Crippen molar-refractivity contribution in [3.05, 3.63) is 83.5 Å². The summed E-state index contributed by atoms with van der Waals surface area (Å²) in [5.74, 6) is 2.28. The third-order valence-electron chi connectivity index (χ3n) is 4.68. The van der Waals surface area contributed by atoms with Crippen LogP contribution in [-0.2, 0) is 6.42 Å². The average molecular weight is 359 g/mol. The van der Waals surface area contributed by atoms with Crippen LogP contribution in [0.25, 0.3) is 28.0 Å². The summed E-state index contributed by atoms with van der Waals surface area (Å²) >= 11 is 0. The highest BCUT2D eigenvalue weighted by atomic mass is 16.4. The average Bonchev–Trinajstić information content (AvgIpc) is 3.25. The predicted molar refractivity (Wildman–Crippen MR) is 106 cm³/mol. The van der Waals surface area contributed by atoms with E-state index in [1.54, 1.807) is 6.08 Å². The van der Waals surface area contributed by atoms with Crippen LogP contribution in [-0.4, -0.2) is 16.7 Å². The molecule has 4 rings (SSSR count). The number of aryl methyl sites for hydroxylation is 1. The number of hydrogen-bond donors (Lipinski definition) is 1. The summed E-state index contributed by atoms with van der Waals surface area (Å²) in [6.45, 7) is 3.95. The minimum Gasteiger partial charge on any atom is -0.461 e.